The van der Waals surface area contributed by atoms with Crippen LogP contribution in [0.25, 0.3) is 0 Å². The molecule has 3 nitrogen and oxygen atoms in total. The lowest BCUT2D eigenvalue weighted by Gasteiger charge is -2.35. The van der Waals surface area contributed by atoms with E-state index < -0.39 is 0 Å². The molecule has 1 aliphatic rings. The molecule has 1 rings (SSSR count). The van der Waals surface area contributed by atoms with Crippen molar-refractivity contribution < 1.29 is 4.74 Å². The molecule has 14 heavy (non-hydrogen) atoms. The van der Waals surface area contributed by atoms with Gasteiger partial charge in [-0.25, -0.2) is 0 Å². The Morgan fingerprint density at radius 1 is 1.64 bits per heavy atom. The molecule has 0 aromatic rings. The molecule has 0 spiro atoms. The predicted molar refractivity (Wildman–Crippen MR) is 58.5 cm³/mol. The van der Waals surface area contributed by atoms with E-state index in [1.165, 1.54) is 5.57 Å². The lowest BCUT2D eigenvalue weighted by molar-refractivity contribution is 0.196. The van der Waals surface area contributed by atoms with Gasteiger partial charge in [-0.1, -0.05) is 20.8 Å². The molecule has 0 saturated heterocycles. The van der Waals surface area contributed by atoms with E-state index in [1.54, 1.807) is 0 Å². The third-order valence-electron chi connectivity index (χ3n) is 3.19. The fourth-order valence-corrected chi connectivity index (χ4v) is 1.84. The average molecular weight is 198 g/mol. The van der Waals surface area contributed by atoms with Crippen LogP contribution in [0, 0.1) is 5.41 Å². The Balaban J connectivity index is 2.74. The van der Waals surface area contributed by atoms with Gasteiger partial charge in [0.15, 0.2) is 0 Å². The van der Waals surface area contributed by atoms with Crippen LogP contribution in [0.4, 0.5) is 0 Å². The van der Waals surface area contributed by atoms with Crippen LogP contribution in [0.5, 0.6) is 0 Å². The molecule has 0 amide bonds. The molecule has 0 saturated carbocycles. The van der Waals surface area contributed by atoms with E-state index in [0.717, 1.165) is 25.9 Å². The second-order valence-corrected chi connectivity index (χ2v) is 4.61. The highest BCUT2D eigenvalue weighted by Crippen LogP contribution is 2.31. The minimum absolute atomic E-state index is 0.182. The molecule has 1 unspecified atom stereocenters. The summed E-state index contributed by atoms with van der Waals surface area (Å²) in [6.07, 6.45) is 5.17. The smallest absolute Gasteiger partial charge is 0.0876 e. The molecule has 1 heterocycles. The molecule has 1 aliphatic heterocycles. The van der Waals surface area contributed by atoms with E-state index in [4.69, 9.17) is 10.6 Å². The van der Waals surface area contributed by atoms with Crippen molar-refractivity contribution in [1.82, 2.24) is 5.43 Å². The van der Waals surface area contributed by atoms with E-state index in [9.17, 15) is 0 Å². The number of rotatable bonds is 4. The van der Waals surface area contributed by atoms with Crippen LogP contribution in [-0.4, -0.2) is 12.6 Å². The predicted octanol–water partition coefficient (Wildman–Crippen LogP) is 1.95. The summed E-state index contributed by atoms with van der Waals surface area (Å²) in [5, 5.41) is 0. The van der Waals surface area contributed by atoms with Crippen LogP contribution in [-0.2, 0) is 4.74 Å². The van der Waals surface area contributed by atoms with Gasteiger partial charge < -0.3 is 4.74 Å². The van der Waals surface area contributed by atoms with Gasteiger partial charge in [-0.3, -0.25) is 11.3 Å². The molecule has 0 radical (unpaired) electrons. The van der Waals surface area contributed by atoms with E-state index in [-0.39, 0.29) is 11.5 Å². The van der Waals surface area contributed by atoms with Gasteiger partial charge in [-0.2, -0.15) is 0 Å². The van der Waals surface area contributed by atoms with Crippen LogP contribution >= 0.6 is 0 Å². The van der Waals surface area contributed by atoms with E-state index in [0.29, 0.717) is 0 Å². The topological polar surface area (TPSA) is 47.3 Å². The number of hydrazine groups is 1. The van der Waals surface area contributed by atoms with Gasteiger partial charge in [0.05, 0.1) is 18.9 Å². The Labute approximate surface area is 86.7 Å². The monoisotopic (exact) mass is 198 g/mol. The minimum atomic E-state index is 0.182. The van der Waals surface area contributed by atoms with E-state index in [2.05, 4.69) is 26.2 Å². The van der Waals surface area contributed by atoms with Gasteiger partial charge in [0.1, 0.15) is 0 Å². The first-order chi connectivity index (χ1) is 6.61. The van der Waals surface area contributed by atoms with Crippen molar-refractivity contribution in [1.29, 1.82) is 0 Å². The molecular weight excluding hydrogens is 176 g/mol. The molecule has 0 fully saturated rings. The Bertz CT molecular complexity index is 211. The zero-order valence-electron chi connectivity index (χ0n) is 9.47. The number of ether oxygens (including phenoxy) is 1. The average Bonchev–Trinajstić information content (AvgIpc) is 2.20. The second-order valence-electron chi connectivity index (χ2n) is 4.61. The summed E-state index contributed by atoms with van der Waals surface area (Å²) in [4.78, 5) is 0. The minimum Gasteiger partial charge on any atom is -0.501 e. The van der Waals surface area contributed by atoms with Gasteiger partial charge in [0.25, 0.3) is 0 Å². The number of nitrogens with two attached hydrogens (primary N) is 1. The third kappa shape index (κ3) is 2.49. The van der Waals surface area contributed by atoms with Crippen molar-refractivity contribution >= 4 is 0 Å². The molecule has 0 bridgehead atoms. The zero-order valence-corrected chi connectivity index (χ0v) is 9.47. The molecular formula is C11H22N2O. The van der Waals surface area contributed by atoms with Crippen LogP contribution in [0.15, 0.2) is 11.8 Å². The van der Waals surface area contributed by atoms with Crippen molar-refractivity contribution in [3.8, 4) is 0 Å². The molecule has 0 aliphatic carbocycles. The summed E-state index contributed by atoms with van der Waals surface area (Å²) < 4.78 is 5.35. The lowest BCUT2D eigenvalue weighted by atomic mass is 9.77. The van der Waals surface area contributed by atoms with Gasteiger partial charge in [0, 0.05) is 0 Å². The summed E-state index contributed by atoms with van der Waals surface area (Å²) >= 11 is 0. The van der Waals surface area contributed by atoms with Gasteiger partial charge >= 0.3 is 0 Å². The van der Waals surface area contributed by atoms with Crippen molar-refractivity contribution in [2.45, 2.75) is 46.1 Å². The fourth-order valence-electron chi connectivity index (χ4n) is 1.84. The molecule has 82 valence electrons. The first-order valence-electron chi connectivity index (χ1n) is 5.38. The lowest BCUT2D eigenvalue weighted by Crippen LogP contribution is -2.47. The Hall–Kier alpha value is -0.540. The number of hydrogen-bond acceptors (Lipinski definition) is 3. The highest BCUT2D eigenvalue weighted by molar-refractivity contribution is 5.13. The number of hydrogen-bond donors (Lipinski definition) is 2. The van der Waals surface area contributed by atoms with Crippen molar-refractivity contribution in [2.75, 3.05) is 6.61 Å². The number of nitrogens with one attached hydrogen (secondary N) is 1. The SMILES string of the molecule is CCC(C)(C)C(NN)C1=COCCC1. The Morgan fingerprint density at radius 3 is 2.79 bits per heavy atom. The molecule has 0 aromatic carbocycles. The summed E-state index contributed by atoms with van der Waals surface area (Å²) in [5.41, 5.74) is 4.39. The maximum Gasteiger partial charge on any atom is 0.0876 e. The van der Waals surface area contributed by atoms with Gasteiger partial charge in [-0.05, 0) is 30.3 Å². The Kier molecular flexibility index (Phi) is 3.96. The van der Waals surface area contributed by atoms with Crippen LogP contribution < -0.4 is 11.3 Å². The summed E-state index contributed by atoms with van der Waals surface area (Å²) in [6, 6.07) is 0.229. The van der Waals surface area contributed by atoms with Crippen molar-refractivity contribution in [3.05, 3.63) is 11.8 Å². The summed E-state index contributed by atoms with van der Waals surface area (Å²) in [5.74, 6) is 5.62. The summed E-state index contributed by atoms with van der Waals surface area (Å²) in [6.45, 7) is 7.49. The fraction of sp³-hybridized carbons (Fsp3) is 0.818. The van der Waals surface area contributed by atoms with Crippen LogP contribution in [0.3, 0.4) is 0 Å². The van der Waals surface area contributed by atoms with Gasteiger partial charge in [-0.15, -0.1) is 0 Å². The highest BCUT2D eigenvalue weighted by atomic mass is 16.5. The Morgan fingerprint density at radius 2 is 2.36 bits per heavy atom. The first-order valence-corrected chi connectivity index (χ1v) is 5.38. The van der Waals surface area contributed by atoms with E-state index >= 15 is 0 Å². The maximum atomic E-state index is 5.62. The normalized spacial score (nSPS) is 19.9. The largest absolute Gasteiger partial charge is 0.501 e. The molecule has 3 heteroatoms. The third-order valence-corrected chi connectivity index (χ3v) is 3.19. The van der Waals surface area contributed by atoms with Gasteiger partial charge in [0.2, 0.25) is 0 Å². The molecule has 3 N–H and O–H groups in total. The van der Waals surface area contributed by atoms with Crippen LogP contribution in [0.1, 0.15) is 40.0 Å². The first kappa shape index (κ1) is 11.5. The quantitative estimate of drug-likeness (QED) is 0.536. The maximum absolute atomic E-state index is 5.62. The molecule has 1 atom stereocenters. The zero-order chi connectivity index (χ0) is 10.6. The van der Waals surface area contributed by atoms with Crippen molar-refractivity contribution in [2.24, 2.45) is 11.3 Å². The summed E-state index contributed by atoms with van der Waals surface area (Å²) in [7, 11) is 0. The van der Waals surface area contributed by atoms with E-state index in [1.807, 2.05) is 6.26 Å². The van der Waals surface area contributed by atoms with Crippen LogP contribution in [0.2, 0.25) is 0 Å². The van der Waals surface area contributed by atoms with Crippen molar-refractivity contribution in [3.63, 3.8) is 0 Å². The second kappa shape index (κ2) is 4.80. The highest BCUT2D eigenvalue weighted by Gasteiger charge is 2.30. The molecule has 0 aromatic heterocycles. The standard InChI is InChI=1S/C11H22N2O/c1-4-11(2,3)10(13-12)9-6-5-7-14-8-9/h8,10,13H,4-7,12H2,1-3H3.